The minimum absolute atomic E-state index is 0.440. The summed E-state index contributed by atoms with van der Waals surface area (Å²) in [5.41, 5.74) is 0. The van der Waals surface area contributed by atoms with Gasteiger partial charge in [-0.05, 0) is 0 Å². The van der Waals surface area contributed by atoms with Gasteiger partial charge in [0.25, 0.3) is 7.44 Å². The van der Waals surface area contributed by atoms with Crippen molar-refractivity contribution in [2.75, 3.05) is 26.2 Å². The number of hydrogen-bond acceptors (Lipinski definition) is 1. The Hall–Kier alpha value is 0.660. The van der Waals surface area contributed by atoms with Gasteiger partial charge in [-0.1, -0.05) is 50.9 Å². The fourth-order valence-corrected chi connectivity index (χ4v) is 5.53. The minimum atomic E-state index is -3.59. The Bertz CT molecular complexity index is 236. The van der Waals surface area contributed by atoms with Gasteiger partial charge in [-0.3, -0.25) is 4.57 Å². The van der Waals surface area contributed by atoms with Crippen molar-refractivity contribution in [2.45, 2.75) is 32.0 Å². The van der Waals surface area contributed by atoms with Crippen LogP contribution < -0.4 is 0 Å². The predicted molar refractivity (Wildman–Crippen MR) is 69.0 cm³/mol. The first-order chi connectivity index (χ1) is 7.29. The van der Waals surface area contributed by atoms with Gasteiger partial charge in [0, 0.05) is 26.2 Å². The molecule has 0 aromatic carbocycles. The van der Waals surface area contributed by atoms with E-state index in [4.69, 9.17) is 23.2 Å². The van der Waals surface area contributed by atoms with E-state index in [1.165, 1.54) is 9.34 Å². The molecule has 0 aliphatic rings. The lowest BCUT2D eigenvalue weighted by Gasteiger charge is -2.40. The number of rotatable bonds is 7. The molecule has 0 amide bonds. The van der Waals surface area contributed by atoms with Gasteiger partial charge in [-0.25, -0.2) is 9.34 Å². The molecular weight excluding hydrogens is 273 g/mol. The van der Waals surface area contributed by atoms with Crippen LogP contribution in [0.3, 0.4) is 0 Å². The molecule has 0 saturated heterocycles. The van der Waals surface area contributed by atoms with E-state index in [-0.39, 0.29) is 0 Å². The van der Waals surface area contributed by atoms with Crippen molar-refractivity contribution in [3.05, 3.63) is 0 Å². The van der Waals surface area contributed by atoms with E-state index in [1.807, 2.05) is 0 Å². The van der Waals surface area contributed by atoms with Crippen LogP contribution in [0.15, 0.2) is 0 Å². The van der Waals surface area contributed by atoms with Gasteiger partial charge in [0.15, 0.2) is 0 Å². The van der Waals surface area contributed by atoms with Gasteiger partial charge in [0.05, 0.1) is 0 Å². The van der Waals surface area contributed by atoms with E-state index in [2.05, 4.69) is 0 Å². The second-order valence-electron chi connectivity index (χ2n) is 3.29. The molecule has 0 fully saturated rings. The second-order valence-corrected chi connectivity index (χ2v) is 7.89. The van der Waals surface area contributed by atoms with Crippen LogP contribution in [0.5, 0.6) is 0 Å². The number of nitrogens with zero attached hydrogens (tertiary/aromatic N) is 2. The maximum absolute atomic E-state index is 13.9. The first-order valence-electron chi connectivity index (χ1n) is 5.47. The van der Waals surface area contributed by atoms with Crippen LogP contribution >= 0.6 is 30.6 Å². The van der Waals surface area contributed by atoms with Crippen LogP contribution in [-0.2, 0) is 4.57 Å². The molecule has 0 N–H and O–H groups in total. The Kier molecular flexibility index (Phi) is 6.82. The second kappa shape index (κ2) is 6.55. The first kappa shape index (κ1) is 16.7. The van der Waals surface area contributed by atoms with Crippen molar-refractivity contribution in [3.8, 4) is 0 Å². The van der Waals surface area contributed by atoms with Gasteiger partial charge in [0.1, 0.15) is 0 Å². The zero-order valence-corrected chi connectivity index (χ0v) is 12.6. The number of hydrogen-bond donors (Lipinski definition) is 0. The molecule has 0 saturated carbocycles. The highest BCUT2D eigenvalue weighted by atomic mass is 35.5. The molecule has 0 aromatic heterocycles. The molecule has 7 heteroatoms. The van der Waals surface area contributed by atoms with E-state index in [9.17, 15) is 8.96 Å². The maximum Gasteiger partial charge on any atom is 0.336 e. The van der Waals surface area contributed by atoms with Crippen molar-refractivity contribution in [1.82, 2.24) is 9.34 Å². The monoisotopic (exact) mass is 292 g/mol. The van der Waals surface area contributed by atoms with Crippen molar-refractivity contribution in [3.63, 3.8) is 0 Å². The van der Waals surface area contributed by atoms with E-state index in [0.717, 1.165) is 0 Å². The molecule has 0 rings (SSSR count). The lowest BCUT2D eigenvalue weighted by molar-refractivity contribution is 0.321. The highest BCUT2D eigenvalue weighted by Crippen LogP contribution is 2.67. The Morgan fingerprint density at radius 1 is 1.00 bits per heavy atom. The zero-order chi connectivity index (χ0) is 13.0. The summed E-state index contributed by atoms with van der Waals surface area (Å²) in [7, 11) is -3.59. The molecule has 0 unspecified atom stereocenters. The van der Waals surface area contributed by atoms with Gasteiger partial charge in [-0.15, -0.1) is 0 Å². The van der Waals surface area contributed by atoms with Crippen molar-refractivity contribution in [1.29, 1.82) is 0 Å². The average Bonchev–Trinajstić information content (AvgIpc) is 2.19. The normalized spacial score (nSPS) is 13.8. The Balaban J connectivity index is 5.43. The zero-order valence-electron chi connectivity index (χ0n) is 10.2. The van der Waals surface area contributed by atoms with Gasteiger partial charge in [0.2, 0.25) is 0 Å². The molecule has 98 valence electrons. The maximum atomic E-state index is 13.9. The molecule has 0 spiro atoms. The third-order valence-corrected chi connectivity index (χ3v) is 7.20. The lowest BCUT2D eigenvalue weighted by atomic mass is 10.7. The Labute approximate surface area is 107 Å². The summed E-state index contributed by atoms with van der Waals surface area (Å²) < 4.78 is 26.9. The summed E-state index contributed by atoms with van der Waals surface area (Å²) in [6, 6.07) is 0. The molecule has 0 aromatic rings. The van der Waals surface area contributed by atoms with Crippen molar-refractivity contribution >= 4 is 30.6 Å². The third kappa shape index (κ3) is 3.11. The Morgan fingerprint density at radius 3 is 1.38 bits per heavy atom. The smallest absolute Gasteiger partial charge is 0.283 e. The summed E-state index contributed by atoms with van der Waals surface area (Å²) in [5, 5.41) is 0. The van der Waals surface area contributed by atoms with Crippen molar-refractivity contribution in [2.24, 2.45) is 0 Å². The van der Waals surface area contributed by atoms with Gasteiger partial charge in [-0.2, -0.15) is 4.39 Å². The number of halogens is 3. The van der Waals surface area contributed by atoms with E-state index >= 15 is 0 Å². The predicted octanol–water partition coefficient (Wildman–Crippen LogP) is 3.92. The van der Waals surface area contributed by atoms with E-state index < -0.39 is 11.8 Å². The fraction of sp³-hybridized carbons (Fsp3) is 1.00. The molecule has 0 atom stereocenters. The molecule has 0 aliphatic heterocycles. The molecule has 0 aliphatic carbocycles. The highest BCUT2D eigenvalue weighted by molar-refractivity contribution is 7.64. The molecule has 0 heterocycles. The van der Waals surface area contributed by atoms with Crippen LogP contribution in [0.25, 0.3) is 0 Å². The topological polar surface area (TPSA) is 23.6 Å². The largest absolute Gasteiger partial charge is 0.336 e. The molecule has 3 nitrogen and oxygen atoms in total. The number of alkyl halides is 3. The quantitative estimate of drug-likeness (QED) is 0.525. The van der Waals surface area contributed by atoms with Crippen LogP contribution in [0.2, 0.25) is 0 Å². The molecular formula is C9H20Cl2FN2OP. The average molecular weight is 293 g/mol. The van der Waals surface area contributed by atoms with Gasteiger partial charge >= 0.3 is 4.33 Å². The Morgan fingerprint density at radius 2 is 1.25 bits per heavy atom. The lowest BCUT2D eigenvalue weighted by Crippen LogP contribution is -2.37. The summed E-state index contributed by atoms with van der Waals surface area (Å²) in [6.45, 7) is 8.98. The SMILES string of the molecule is CCN(CC)P(=O)(N(CC)CC)C(F)(Cl)Cl. The standard InChI is InChI=1S/C9H20Cl2FN2OP/c1-5-13(6-2)16(15,9(10,11)12)14(7-3)8-4/h5-8H2,1-4H3. The summed E-state index contributed by atoms with van der Waals surface area (Å²) >= 11 is 11.0. The summed E-state index contributed by atoms with van der Waals surface area (Å²) in [6.07, 6.45) is 0. The molecule has 0 bridgehead atoms. The summed E-state index contributed by atoms with van der Waals surface area (Å²) in [4.78, 5) is 0. The third-order valence-electron chi connectivity index (χ3n) is 2.56. The fourth-order valence-electron chi connectivity index (χ4n) is 1.71. The van der Waals surface area contributed by atoms with E-state index in [1.54, 1.807) is 27.7 Å². The summed E-state index contributed by atoms with van der Waals surface area (Å²) in [5.74, 6) is 0. The van der Waals surface area contributed by atoms with Crippen LogP contribution in [0, 0.1) is 0 Å². The van der Waals surface area contributed by atoms with E-state index in [0.29, 0.717) is 26.2 Å². The van der Waals surface area contributed by atoms with Crippen molar-refractivity contribution < 1.29 is 8.96 Å². The van der Waals surface area contributed by atoms with Gasteiger partial charge < -0.3 is 0 Å². The van der Waals surface area contributed by atoms with Crippen LogP contribution in [0.1, 0.15) is 27.7 Å². The minimum Gasteiger partial charge on any atom is -0.283 e. The first-order valence-corrected chi connectivity index (χ1v) is 7.83. The highest BCUT2D eigenvalue weighted by Gasteiger charge is 2.53. The molecule has 16 heavy (non-hydrogen) atoms. The molecule has 0 radical (unpaired) electrons. The van der Waals surface area contributed by atoms with Crippen LogP contribution in [0.4, 0.5) is 4.39 Å². The van der Waals surface area contributed by atoms with Crippen LogP contribution in [-0.4, -0.2) is 39.8 Å².